The summed E-state index contributed by atoms with van der Waals surface area (Å²) in [5.41, 5.74) is 0. The molecule has 0 fully saturated rings. The van der Waals surface area contributed by atoms with Crippen molar-refractivity contribution < 1.29 is 52.9 Å². The molecule has 0 atom stereocenters. The quantitative estimate of drug-likeness (QED) is 0.354. The fraction of sp³-hybridized carbons (Fsp3) is 0.500. The molecule has 0 spiro atoms. The molecule has 5 nitrogen and oxygen atoms in total. The van der Waals surface area contributed by atoms with Crippen LogP contribution in [0.25, 0.3) is 0 Å². The van der Waals surface area contributed by atoms with Gasteiger partial charge in [0.1, 0.15) is 0 Å². The van der Waals surface area contributed by atoms with Crippen molar-refractivity contribution in [2.24, 2.45) is 0 Å². The van der Waals surface area contributed by atoms with Crippen LogP contribution in [0.4, 0.5) is 0 Å². The molecule has 0 aromatic heterocycles. The van der Waals surface area contributed by atoms with Crippen molar-refractivity contribution >= 4 is 51.1 Å². The van der Waals surface area contributed by atoms with E-state index >= 15 is 0 Å². The molecule has 0 aromatic rings. The van der Waals surface area contributed by atoms with Gasteiger partial charge in [-0.3, -0.25) is 9.35 Å². The van der Waals surface area contributed by atoms with Gasteiger partial charge >= 0.3 is 45.9 Å². The van der Waals surface area contributed by atoms with Crippen LogP contribution >= 0.6 is 0 Å². The van der Waals surface area contributed by atoms with E-state index in [9.17, 15) is 13.2 Å². The van der Waals surface area contributed by atoms with Gasteiger partial charge in [0.15, 0.2) is 34.7 Å². The van der Waals surface area contributed by atoms with Crippen LogP contribution < -0.4 is 29.6 Å². The average Bonchev–Trinajstić information content (AvgIpc) is 1.21. The molecule has 0 radical (unpaired) electrons. The van der Waals surface area contributed by atoms with Crippen molar-refractivity contribution in [3.05, 3.63) is 0 Å². The fourth-order valence-electron chi connectivity index (χ4n) is 0.148. The number of carbonyl (C=O) groups is 1. The van der Waals surface area contributed by atoms with Gasteiger partial charge in [-0.15, -0.1) is 0 Å². The first-order valence-corrected chi connectivity index (χ1v) is 2.96. The zero-order valence-electron chi connectivity index (χ0n) is 5.99. The van der Waals surface area contributed by atoms with E-state index < -0.39 is 16.4 Å². The van der Waals surface area contributed by atoms with Crippen LogP contribution in [0, 0.1) is 0 Å². The van der Waals surface area contributed by atoms with Gasteiger partial charge in [-0.1, -0.05) is 0 Å². The zero-order chi connectivity index (χ0) is 6.78. The molecule has 0 heterocycles. The summed E-state index contributed by atoms with van der Waals surface area (Å²) in [6.45, 7) is 0.869. The standard InChI is InChI=1S/C2H4O5S.2Al.Na.7H/c1-2(3)7-8(4,5)6;;;;;;;;;;/h1H3,(H,4,5,6);;;;;;;;;;/q;;;+1;;;;;;;-1. The van der Waals surface area contributed by atoms with Crippen molar-refractivity contribution in [2.75, 3.05) is 0 Å². The van der Waals surface area contributed by atoms with E-state index in [0.29, 0.717) is 0 Å². The van der Waals surface area contributed by atoms with E-state index in [1.165, 1.54) is 0 Å². The van der Waals surface area contributed by atoms with Crippen molar-refractivity contribution in [1.29, 1.82) is 0 Å². The molecule has 1 N–H and O–H groups in total. The van der Waals surface area contributed by atoms with Gasteiger partial charge in [0.25, 0.3) is 0 Å². The first-order chi connectivity index (χ1) is 3.42. The number of rotatable bonds is 1. The van der Waals surface area contributed by atoms with Crippen LogP contribution in [0.5, 0.6) is 0 Å². The Hall–Kier alpha value is 1.44. The molecule has 0 aliphatic rings. The van der Waals surface area contributed by atoms with Gasteiger partial charge < -0.3 is 5.61 Å². The van der Waals surface area contributed by atoms with Crippen LogP contribution in [0.1, 0.15) is 8.35 Å². The smallest absolute Gasteiger partial charge is 1.00 e. The topological polar surface area (TPSA) is 80.7 Å². The third-order valence-corrected chi connectivity index (χ3v) is 0.668. The zero-order valence-corrected chi connectivity index (χ0v) is 7.80. The molecule has 0 bridgehead atoms. The predicted molar refractivity (Wildman–Crippen MR) is 44.3 cm³/mol. The second kappa shape index (κ2) is 9.53. The molecular weight excluding hydrogens is 213 g/mol. The van der Waals surface area contributed by atoms with Gasteiger partial charge in [-0.25, -0.2) is 0 Å². The Kier molecular flexibility index (Phi) is 19.8. The molecule has 0 aliphatic carbocycles. The summed E-state index contributed by atoms with van der Waals surface area (Å²) >= 11 is 0. The largest absolute Gasteiger partial charge is 1.00 e. The monoisotopic (exact) mass is 224 g/mol. The molecular formula is C2H11Al2NaO5S. The molecule has 0 aromatic carbocycles. The molecule has 0 aliphatic heterocycles. The van der Waals surface area contributed by atoms with Crippen LogP contribution in [-0.4, -0.2) is 53.7 Å². The number of hydrogen-bond acceptors (Lipinski definition) is 4. The van der Waals surface area contributed by atoms with E-state index in [2.05, 4.69) is 4.18 Å². The maximum absolute atomic E-state index is 9.70. The van der Waals surface area contributed by atoms with Crippen LogP contribution in [0.3, 0.4) is 0 Å². The van der Waals surface area contributed by atoms with Crippen molar-refractivity contribution in [1.82, 2.24) is 0 Å². The van der Waals surface area contributed by atoms with Gasteiger partial charge in [0.05, 0.1) is 0 Å². The van der Waals surface area contributed by atoms with E-state index in [-0.39, 0.29) is 65.7 Å². The summed E-state index contributed by atoms with van der Waals surface area (Å²) < 4.78 is 30.2. The first kappa shape index (κ1) is 22.9. The molecule has 62 valence electrons. The Morgan fingerprint density at radius 1 is 1.45 bits per heavy atom. The van der Waals surface area contributed by atoms with Crippen LogP contribution in [0.2, 0.25) is 0 Å². The van der Waals surface area contributed by atoms with Gasteiger partial charge in [-0.05, 0) is 0 Å². The Morgan fingerprint density at radius 3 is 1.73 bits per heavy atom. The molecule has 0 unspecified atom stereocenters. The number of carbonyl (C=O) groups excluding carboxylic acids is 1. The molecule has 11 heavy (non-hydrogen) atoms. The molecule has 0 rings (SSSR count). The Morgan fingerprint density at radius 2 is 1.73 bits per heavy atom. The summed E-state index contributed by atoms with van der Waals surface area (Å²) in [7, 11) is -4.57. The average molecular weight is 224 g/mol. The Labute approximate surface area is 110 Å². The predicted octanol–water partition coefficient (Wildman–Crippen LogP) is -5.90. The first-order valence-electron chi connectivity index (χ1n) is 1.59. The summed E-state index contributed by atoms with van der Waals surface area (Å²) in [5, 5.41) is 0. The minimum atomic E-state index is -4.57. The maximum atomic E-state index is 9.70. The van der Waals surface area contributed by atoms with E-state index in [4.69, 9.17) is 4.55 Å². The summed E-state index contributed by atoms with van der Waals surface area (Å²) in [6, 6.07) is 0. The second-order valence-electron chi connectivity index (χ2n) is 1.00. The normalized spacial score (nSPS) is 7.82. The van der Waals surface area contributed by atoms with E-state index in [1.54, 1.807) is 0 Å². The van der Waals surface area contributed by atoms with Crippen LogP contribution in [-0.2, 0) is 19.4 Å². The second-order valence-corrected chi connectivity index (χ2v) is 2.02. The van der Waals surface area contributed by atoms with Gasteiger partial charge in [-0.2, -0.15) is 8.42 Å². The maximum Gasteiger partial charge on any atom is 1.00 e. The van der Waals surface area contributed by atoms with Gasteiger partial charge in [0, 0.05) is 6.92 Å². The summed E-state index contributed by atoms with van der Waals surface area (Å²) in [4.78, 5) is 9.70. The van der Waals surface area contributed by atoms with Crippen LogP contribution in [0.15, 0.2) is 0 Å². The third kappa shape index (κ3) is 24.6. The van der Waals surface area contributed by atoms with Crippen molar-refractivity contribution in [2.45, 2.75) is 6.92 Å². The Bertz CT molecular complexity index is 194. The van der Waals surface area contributed by atoms with E-state index in [0.717, 1.165) is 6.92 Å². The minimum Gasteiger partial charge on any atom is -1.00 e. The summed E-state index contributed by atoms with van der Waals surface area (Å²) in [6.07, 6.45) is 0. The van der Waals surface area contributed by atoms with Crippen molar-refractivity contribution in [3.63, 3.8) is 0 Å². The Balaban J connectivity index is -0.0000000408. The van der Waals surface area contributed by atoms with Crippen molar-refractivity contribution in [3.8, 4) is 0 Å². The molecule has 0 saturated carbocycles. The molecule has 0 saturated heterocycles. The molecule has 9 heteroatoms. The van der Waals surface area contributed by atoms with E-state index in [1.807, 2.05) is 0 Å². The fourth-order valence-corrected chi connectivity index (χ4v) is 0.445. The third-order valence-electron chi connectivity index (χ3n) is 0.223. The SMILES string of the molecule is CC(=O)OS(=O)(=O)O.[AlH3].[AlH3].[H-].[Na+]. The summed E-state index contributed by atoms with van der Waals surface area (Å²) in [5.74, 6) is -1.06. The van der Waals surface area contributed by atoms with Gasteiger partial charge in [0.2, 0.25) is 0 Å². The molecule has 0 amide bonds. The minimum absolute atomic E-state index is 0. The number of hydrogen-bond donors (Lipinski definition) is 1.